The first kappa shape index (κ1) is 28.0. The first-order valence-electron chi connectivity index (χ1n) is 13.3. The van der Waals surface area contributed by atoms with E-state index in [2.05, 4.69) is 20.9 Å². The number of nitrogens with one attached hydrogen (secondary N) is 3. The van der Waals surface area contributed by atoms with Crippen molar-refractivity contribution < 1.29 is 18.8 Å². The monoisotopic (exact) mass is 533 g/mol. The van der Waals surface area contributed by atoms with E-state index in [4.69, 9.17) is 0 Å². The lowest BCUT2D eigenvalue weighted by molar-refractivity contribution is 0.0934. The zero-order valence-electron chi connectivity index (χ0n) is 22.9. The molecular formula is C30H36FN5O3. The van der Waals surface area contributed by atoms with Crippen LogP contribution in [0.25, 0.3) is 11.1 Å². The molecule has 3 aromatic rings. The summed E-state index contributed by atoms with van der Waals surface area (Å²) in [7, 11) is 0. The van der Waals surface area contributed by atoms with Gasteiger partial charge in [-0.2, -0.15) is 0 Å². The van der Waals surface area contributed by atoms with E-state index in [-0.39, 0.29) is 40.3 Å². The Morgan fingerprint density at radius 3 is 2.44 bits per heavy atom. The van der Waals surface area contributed by atoms with E-state index in [9.17, 15) is 14.4 Å². The molecule has 0 radical (unpaired) electrons. The summed E-state index contributed by atoms with van der Waals surface area (Å²) in [6, 6.07) is 7.77. The van der Waals surface area contributed by atoms with Crippen LogP contribution in [-0.4, -0.2) is 46.4 Å². The van der Waals surface area contributed by atoms with Gasteiger partial charge in [0.05, 0.1) is 6.33 Å². The molecule has 1 fully saturated rings. The van der Waals surface area contributed by atoms with Crippen LogP contribution < -0.4 is 16.0 Å². The highest BCUT2D eigenvalue weighted by Crippen LogP contribution is 2.31. The maximum atomic E-state index is 15.0. The van der Waals surface area contributed by atoms with Crippen LogP contribution in [0.4, 0.5) is 4.39 Å². The van der Waals surface area contributed by atoms with Crippen LogP contribution in [0.15, 0.2) is 49.1 Å². The largest absolute Gasteiger partial charge is 0.352 e. The summed E-state index contributed by atoms with van der Waals surface area (Å²) in [5.74, 6) is -1.56. The number of aromatic nitrogens is 2. The van der Waals surface area contributed by atoms with E-state index >= 15 is 4.39 Å². The van der Waals surface area contributed by atoms with Gasteiger partial charge >= 0.3 is 0 Å². The molecule has 3 amide bonds. The molecule has 8 nitrogen and oxygen atoms in total. The fourth-order valence-electron chi connectivity index (χ4n) is 4.12. The molecule has 4 rings (SSSR count). The number of aryl methyl sites for hydroxylation is 1. The van der Waals surface area contributed by atoms with Crippen LogP contribution in [-0.2, 0) is 6.54 Å². The molecule has 206 valence electrons. The van der Waals surface area contributed by atoms with Crippen molar-refractivity contribution in [3.05, 3.63) is 77.1 Å². The molecule has 1 aliphatic rings. The fourth-order valence-corrected chi connectivity index (χ4v) is 4.12. The van der Waals surface area contributed by atoms with Crippen molar-refractivity contribution in [2.75, 3.05) is 13.1 Å². The minimum absolute atomic E-state index is 0.110. The minimum Gasteiger partial charge on any atom is -0.352 e. The second kappa shape index (κ2) is 11.8. The molecule has 1 heterocycles. The second-order valence-corrected chi connectivity index (χ2v) is 11.3. The third-order valence-electron chi connectivity index (χ3n) is 6.55. The summed E-state index contributed by atoms with van der Waals surface area (Å²) >= 11 is 0. The lowest BCUT2D eigenvalue weighted by atomic mass is 9.91. The van der Waals surface area contributed by atoms with Crippen LogP contribution in [0, 0.1) is 18.2 Å². The molecule has 0 spiro atoms. The average Bonchev–Trinajstić information content (AvgIpc) is 3.55. The highest BCUT2D eigenvalue weighted by atomic mass is 19.1. The number of nitrogens with zero attached hydrogens (tertiary/aromatic N) is 2. The maximum Gasteiger partial charge on any atom is 0.251 e. The van der Waals surface area contributed by atoms with Crippen molar-refractivity contribution in [3.63, 3.8) is 0 Å². The number of carbonyl (C=O) groups is 3. The molecule has 0 saturated heterocycles. The molecule has 9 heteroatoms. The van der Waals surface area contributed by atoms with E-state index in [0.29, 0.717) is 48.3 Å². The van der Waals surface area contributed by atoms with E-state index in [0.717, 1.165) is 12.8 Å². The molecule has 0 bridgehead atoms. The quantitative estimate of drug-likeness (QED) is 0.334. The molecular weight excluding hydrogens is 497 g/mol. The predicted molar refractivity (Wildman–Crippen MR) is 148 cm³/mol. The predicted octanol–water partition coefficient (Wildman–Crippen LogP) is 4.49. The number of hydrogen-bond donors (Lipinski definition) is 3. The third kappa shape index (κ3) is 7.52. The standard InChI is InChI=1S/C30H36FN5O3/c1-19-24(15-21(16-26(19)31)28(38)35-22-7-8-22)23-9-6-20(27(37)34-17-30(2,3)4)14-25(23)29(39)33-10-5-12-36-13-11-32-18-36/h6,9,11,13-16,18,22H,5,7-8,10,12,17H2,1-4H3,(H,33,39)(H,34,37)(H,35,38). The van der Waals surface area contributed by atoms with Gasteiger partial charge in [0.1, 0.15) is 5.82 Å². The lowest BCUT2D eigenvalue weighted by Gasteiger charge is -2.19. The molecule has 1 aliphatic carbocycles. The Labute approximate surface area is 228 Å². The zero-order valence-corrected chi connectivity index (χ0v) is 22.9. The topological polar surface area (TPSA) is 105 Å². The molecule has 39 heavy (non-hydrogen) atoms. The Kier molecular flexibility index (Phi) is 8.47. The molecule has 0 atom stereocenters. The Morgan fingerprint density at radius 1 is 1.00 bits per heavy atom. The van der Waals surface area contributed by atoms with Crippen molar-refractivity contribution in [1.29, 1.82) is 0 Å². The summed E-state index contributed by atoms with van der Waals surface area (Å²) in [5.41, 5.74) is 1.85. The Balaban J connectivity index is 1.64. The van der Waals surface area contributed by atoms with E-state index in [1.54, 1.807) is 37.6 Å². The van der Waals surface area contributed by atoms with Crippen molar-refractivity contribution in [2.24, 2.45) is 5.41 Å². The van der Waals surface area contributed by atoms with E-state index in [1.807, 2.05) is 31.5 Å². The summed E-state index contributed by atoms with van der Waals surface area (Å²) in [4.78, 5) is 43.1. The van der Waals surface area contributed by atoms with Gasteiger partial charge in [-0.25, -0.2) is 9.37 Å². The van der Waals surface area contributed by atoms with E-state index < -0.39 is 5.82 Å². The van der Waals surface area contributed by atoms with Gasteiger partial charge in [-0.15, -0.1) is 0 Å². The lowest BCUT2D eigenvalue weighted by Crippen LogP contribution is -2.32. The van der Waals surface area contributed by atoms with Gasteiger partial charge in [-0.3, -0.25) is 14.4 Å². The van der Waals surface area contributed by atoms with Crippen LogP contribution >= 0.6 is 0 Å². The van der Waals surface area contributed by atoms with Crippen molar-refractivity contribution in [3.8, 4) is 11.1 Å². The average molecular weight is 534 g/mol. The number of imidazole rings is 1. The zero-order chi connectivity index (χ0) is 28.2. The van der Waals surface area contributed by atoms with Gasteiger partial charge in [-0.1, -0.05) is 26.8 Å². The van der Waals surface area contributed by atoms with Crippen LogP contribution in [0.3, 0.4) is 0 Å². The van der Waals surface area contributed by atoms with Crippen LogP contribution in [0.5, 0.6) is 0 Å². The van der Waals surface area contributed by atoms with Gasteiger partial charge in [0.25, 0.3) is 17.7 Å². The smallest absolute Gasteiger partial charge is 0.251 e. The first-order chi connectivity index (χ1) is 18.5. The number of carbonyl (C=O) groups excluding carboxylic acids is 3. The highest BCUT2D eigenvalue weighted by Gasteiger charge is 2.25. The summed E-state index contributed by atoms with van der Waals surface area (Å²) in [6.07, 6.45) is 7.76. The second-order valence-electron chi connectivity index (χ2n) is 11.3. The van der Waals surface area contributed by atoms with Crippen molar-refractivity contribution in [2.45, 2.75) is 59.5 Å². The molecule has 1 aromatic heterocycles. The van der Waals surface area contributed by atoms with Gasteiger partial charge in [0.2, 0.25) is 0 Å². The van der Waals surface area contributed by atoms with Crippen LogP contribution in [0.2, 0.25) is 0 Å². The molecule has 0 aliphatic heterocycles. The molecule has 3 N–H and O–H groups in total. The van der Waals surface area contributed by atoms with Gasteiger partial charge in [0, 0.05) is 54.8 Å². The third-order valence-corrected chi connectivity index (χ3v) is 6.55. The normalized spacial score (nSPS) is 13.2. The van der Waals surface area contributed by atoms with Crippen molar-refractivity contribution in [1.82, 2.24) is 25.5 Å². The number of rotatable bonds is 10. The number of amides is 3. The number of hydrogen-bond acceptors (Lipinski definition) is 4. The number of halogens is 1. The van der Waals surface area contributed by atoms with Gasteiger partial charge < -0.3 is 20.5 Å². The molecule has 2 aromatic carbocycles. The van der Waals surface area contributed by atoms with Crippen LogP contribution in [0.1, 0.15) is 76.7 Å². The SMILES string of the molecule is Cc1c(F)cc(C(=O)NC2CC2)cc1-c1ccc(C(=O)NCC(C)(C)C)cc1C(=O)NCCCn1ccnc1. The number of benzene rings is 2. The fraction of sp³-hybridized carbons (Fsp3) is 0.400. The Morgan fingerprint density at radius 2 is 1.77 bits per heavy atom. The summed E-state index contributed by atoms with van der Waals surface area (Å²) in [6.45, 7) is 9.21. The maximum absolute atomic E-state index is 15.0. The van der Waals surface area contributed by atoms with E-state index in [1.165, 1.54) is 12.1 Å². The van der Waals surface area contributed by atoms with Crippen molar-refractivity contribution >= 4 is 17.7 Å². The molecule has 0 unspecified atom stereocenters. The summed E-state index contributed by atoms with van der Waals surface area (Å²) < 4.78 is 16.9. The van der Waals surface area contributed by atoms with Gasteiger partial charge in [0.15, 0.2) is 0 Å². The minimum atomic E-state index is -0.535. The highest BCUT2D eigenvalue weighted by molar-refractivity contribution is 6.05. The first-order valence-corrected chi connectivity index (χ1v) is 13.3. The molecule has 1 saturated carbocycles. The summed E-state index contributed by atoms with van der Waals surface area (Å²) in [5, 5.41) is 8.72. The Bertz CT molecular complexity index is 1360. The Hall–Kier alpha value is -4.01. The van der Waals surface area contributed by atoms with Gasteiger partial charge in [-0.05, 0) is 72.6 Å².